The van der Waals surface area contributed by atoms with E-state index in [2.05, 4.69) is 10.2 Å². The molecule has 0 spiro atoms. The number of likely N-dealkylation sites (tertiary alicyclic amines) is 1. The summed E-state index contributed by atoms with van der Waals surface area (Å²) in [6, 6.07) is 0. The zero-order chi connectivity index (χ0) is 11.6. The lowest BCUT2D eigenvalue weighted by atomic mass is 10.3. The highest BCUT2D eigenvalue weighted by molar-refractivity contribution is 4.75. The van der Waals surface area contributed by atoms with Gasteiger partial charge in [-0.25, -0.2) is 0 Å². The van der Waals surface area contributed by atoms with Crippen LogP contribution in [0.5, 0.6) is 0 Å². The van der Waals surface area contributed by atoms with Crippen LogP contribution in [0, 0.1) is 0 Å². The Kier molecular flexibility index (Phi) is 7.76. The fraction of sp³-hybridized carbons (Fsp3) is 1.00. The van der Waals surface area contributed by atoms with Crippen LogP contribution in [-0.4, -0.2) is 64.1 Å². The highest BCUT2D eigenvalue weighted by Gasteiger charge is 2.20. The van der Waals surface area contributed by atoms with Gasteiger partial charge in [-0.15, -0.1) is 0 Å². The molecule has 1 N–H and O–H groups in total. The summed E-state index contributed by atoms with van der Waals surface area (Å²) in [5.74, 6) is 0. The molecule has 4 heteroatoms. The van der Waals surface area contributed by atoms with E-state index in [9.17, 15) is 0 Å². The van der Waals surface area contributed by atoms with Gasteiger partial charge < -0.3 is 14.8 Å². The molecule has 4 nitrogen and oxygen atoms in total. The van der Waals surface area contributed by atoms with Crippen LogP contribution in [0.1, 0.15) is 19.8 Å². The highest BCUT2D eigenvalue weighted by Crippen LogP contribution is 2.10. The molecule has 16 heavy (non-hydrogen) atoms. The first-order chi connectivity index (χ1) is 7.86. The van der Waals surface area contributed by atoms with Crippen molar-refractivity contribution >= 4 is 0 Å². The lowest BCUT2D eigenvalue weighted by molar-refractivity contribution is 0.108. The number of hydrogen-bond acceptors (Lipinski definition) is 4. The molecule has 1 rings (SSSR count). The fourth-order valence-electron chi connectivity index (χ4n) is 2.00. The van der Waals surface area contributed by atoms with Gasteiger partial charge in [0.15, 0.2) is 0 Å². The van der Waals surface area contributed by atoms with Crippen molar-refractivity contribution in [3.05, 3.63) is 0 Å². The lowest BCUT2D eigenvalue weighted by Gasteiger charge is -2.15. The normalized spacial score (nSPS) is 21.8. The first-order valence-corrected chi connectivity index (χ1v) is 6.40. The van der Waals surface area contributed by atoms with E-state index in [0.29, 0.717) is 6.10 Å². The summed E-state index contributed by atoms with van der Waals surface area (Å²) in [6.07, 6.45) is 2.74. The first kappa shape index (κ1) is 13.9. The summed E-state index contributed by atoms with van der Waals surface area (Å²) in [7, 11) is 1.81. The fourth-order valence-corrected chi connectivity index (χ4v) is 2.00. The molecule has 0 saturated carbocycles. The SMILES string of the molecule is CCOCCCNCCN1CCC(OC)C1. The molecule has 96 valence electrons. The molecule has 1 unspecified atom stereocenters. The van der Waals surface area contributed by atoms with Gasteiger partial charge in [0.25, 0.3) is 0 Å². The van der Waals surface area contributed by atoms with Crippen LogP contribution in [0.4, 0.5) is 0 Å². The Morgan fingerprint density at radius 1 is 1.38 bits per heavy atom. The van der Waals surface area contributed by atoms with E-state index < -0.39 is 0 Å². The minimum atomic E-state index is 0.456. The summed E-state index contributed by atoms with van der Waals surface area (Å²) in [6.45, 7) is 9.27. The molecule has 0 aliphatic carbocycles. The zero-order valence-corrected chi connectivity index (χ0v) is 10.7. The summed E-state index contributed by atoms with van der Waals surface area (Å²) >= 11 is 0. The standard InChI is InChI=1S/C12H26N2O2/c1-3-16-10-4-6-13-7-9-14-8-5-12(11-14)15-2/h12-13H,3-11H2,1-2H3. The molecular weight excluding hydrogens is 204 g/mol. The third-order valence-corrected chi connectivity index (χ3v) is 3.01. The molecule has 1 saturated heterocycles. The molecular formula is C12H26N2O2. The van der Waals surface area contributed by atoms with Crippen LogP contribution in [-0.2, 0) is 9.47 Å². The molecule has 1 heterocycles. The molecule has 0 aromatic rings. The number of nitrogens with one attached hydrogen (secondary N) is 1. The number of methoxy groups -OCH3 is 1. The minimum absolute atomic E-state index is 0.456. The number of nitrogens with zero attached hydrogens (tertiary/aromatic N) is 1. The predicted molar refractivity (Wildman–Crippen MR) is 65.8 cm³/mol. The average molecular weight is 230 g/mol. The van der Waals surface area contributed by atoms with Crippen molar-refractivity contribution in [3.8, 4) is 0 Å². The van der Waals surface area contributed by atoms with Crippen LogP contribution < -0.4 is 5.32 Å². The molecule has 1 aliphatic heterocycles. The van der Waals surface area contributed by atoms with Crippen molar-refractivity contribution < 1.29 is 9.47 Å². The van der Waals surface area contributed by atoms with E-state index in [1.165, 1.54) is 13.0 Å². The molecule has 0 aromatic heterocycles. The van der Waals surface area contributed by atoms with Crippen LogP contribution in [0.15, 0.2) is 0 Å². The van der Waals surface area contributed by atoms with E-state index in [1.807, 2.05) is 6.92 Å². The molecule has 0 radical (unpaired) electrons. The van der Waals surface area contributed by atoms with Gasteiger partial charge in [0.05, 0.1) is 6.10 Å². The Morgan fingerprint density at radius 2 is 2.25 bits per heavy atom. The van der Waals surface area contributed by atoms with Crippen molar-refractivity contribution in [2.45, 2.75) is 25.9 Å². The van der Waals surface area contributed by atoms with E-state index in [0.717, 1.165) is 45.8 Å². The van der Waals surface area contributed by atoms with Crippen LogP contribution in [0.2, 0.25) is 0 Å². The van der Waals surface area contributed by atoms with Crippen LogP contribution >= 0.6 is 0 Å². The first-order valence-electron chi connectivity index (χ1n) is 6.40. The quantitative estimate of drug-likeness (QED) is 0.592. The Morgan fingerprint density at radius 3 is 2.94 bits per heavy atom. The van der Waals surface area contributed by atoms with Gasteiger partial charge in [0.2, 0.25) is 0 Å². The van der Waals surface area contributed by atoms with Gasteiger partial charge in [-0.05, 0) is 26.3 Å². The Hall–Kier alpha value is -0.160. The Balaban J connectivity index is 1.84. The van der Waals surface area contributed by atoms with Crippen LogP contribution in [0.3, 0.4) is 0 Å². The maximum absolute atomic E-state index is 5.33. The van der Waals surface area contributed by atoms with E-state index in [-0.39, 0.29) is 0 Å². The summed E-state index contributed by atoms with van der Waals surface area (Å²) in [5, 5.41) is 3.44. The van der Waals surface area contributed by atoms with Crippen molar-refractivity contribution in [3.63, 3.8) is 0 Å². The van der Waals surface area contributed by atoms with Crippen molar-refractivity contribution in [1.29, 1.82) is 0 Å². The van der Waals surface area contributed by atoms with Crippen molar-refractivity contribution in [2.24, 2.45) is 0 Å². The number of hydrogen-bond donors (Lipinski definition) is 1. The number of rotatable bonds is 9. The molecule has 0 bridgehead atoms. The average Bonchev–Trinajstić information content (AvgIpc) is 2.76. The third kappa shape index (κ3) is 5.80. The van der Waals surface area contributed by atoms with Gasteiger partial charge in [-0.1, -0.05) is 0 Å². The topological polar surface area (TPSA) is 33.7 Å². The predicted octanol–water partition coefficient (Wildman–Crippen LogP) is 0.723. The maximum Gasteiger partial charge on any atom is 0.0710 e. The van der Waals surface area contributed by atoms with E-state index in [4.69, 9.17) is 9.47 Å². The highest BCUT2D eigenvalue weighted by atomic mass is 16.5. The second kappa shape index (κ2) is 8.93. The van der Waals surface area contributed by atoms with Gasteiger partial charge in [-0.2, -0.15) is 0 Å². The molecule has 1 aliphatic rings. The van der Waals surface area contributed by atoms with Gasteiger partial charge >= 0.3 is 0 Å². The van der Waals surface area contributed by atoms with Crippen molar-refractivity contribution in [2.75, 3.05) is 53.0 Å². The van der Waals surface area contributed by atoms with Gasteiger partial charge in [0, 0.05) is 46.5 Å². The monoisotopic (exact) mass is 230 g/mol. The molecule has 0 aromatic carbocycles. The summed E-state index contributed by atoms with van der Waals surface area (Å²) < 4.78 is 10.6. The Bertz CT molecular complexity index is 167. The zero-order valence-electron chi connectivity index (χ0n) is 10.7. The van der Waals surface area contributed by atoms with Crippen LogP contribution in [0.25, 0.3) is 0 Å². The lowest BCUT2D eigenvalue weighted by Crippen LogP contribution is -2.32. The maximum atomic E-state index is 5.33. The van der Waals surface area contributed by atoms with E-state index in [1.54, 1.807) is 7.11 Å². The minimum Gasteiger partial charge on any atom is -0.382 e. The third-order valence-electron chi connectivity index (χ3n) is 3.01. The van der Waals surface area contributed by atoms with Gasteiger partial charge in [-0.3, -0.25) is 4.90 Å². The second-order valence-electron chi connectivity index (χ2n) is 4.25. The van der Waals surface area contributed by atoms with E-state index >= 15 is 0 Å². The smallest absolute Gasteiger partial charge is 0.0710 e. The largest absolute Gasteiger partial charge is 0.382 e. The Labute approximate surface area is 99.3 Å². The molecule has 1 fully saturated rings. The number of ether oxygens (including phenoxy) is 2. The molecule has 0 amide bonds. The molecule has 1 atom stereocenters. The van der Waals surface area contributed by atoms with Crippen molar-refractivity contribution in [1.82, 2.24) is 10.2 Å². The summed E-state index contributed by atoms with van der Waals surface area (Å²) in [5.41, 5.74) is 0. The van der Waals surface area contributed by atoms with Gasteiger partial charge in [0.1, 0.15) is 0 Å². The summed E-state index contributed by atoms with van der Waals surface area (Å²) in [4.78, 5) is 2.46. The second-order valence-corrected chi connectivity index (χ2v) is 4.25.